The molecule has 1 nitrogen and oxygen atoms in total. The summed E-state index contributed by atoms with van der Waals surface area (Å²) in [5.74, 6) is 0.784. The third-order valence-corrected chi connectivity index (χ3v) is 4.91. The van der Waals surface area contributed by atoms with E-state index in [4.69, 9.17) is 0 Å². The first-order valence-electron chi connectivity index (χ1n) is 6.34. The maximum absolute atomic E-state index is 3.69. The molecule has 0 radical (unpaired) electrons. The van der Waals surface area contributed by atoms with Gasteiger partial charge in [-0.15, -0.1) is 0 Å². The highest BCUT2D eigenvalue weighted by Gasteiger charge is 2.25. The standard InChI is InChI=1S/C14H19Br2N/c1-17-14(10-5-3-2-4-6-10)12-8-7-11(15)9-13(12)16/h7-10,14,17H,2-6H2,1H3. The summed E-state index contributed by atoms with van der Waals surface area (Å²) in [6.07, 6.45) is 6.89. The van der Waals surface area contributed by atoms with Crippen LogP contribution in [0.4, 0.5) is 0 Å². The van der Waals surface area contributed by atoms with Gasteiger partial charge in [-0.05, 0) is 43.5 Å². The Labute approximate surface area is 121 Å². The summed E-state index contributed by atoms with van der Waals surface area (Å²) in [4.78, 5) is 0. The molecule has 1 aromatic carbocycles. The Balaban J connectivity index is 2.21. The fourth-order valence-electron chi connectivity index (χ4n) is 2.87. The van der Waals surface area contributed by atoms with E-state index in [1.165, 1.54) is 42.1 Å². The fraction of sp³-hybridized carbons (Fsp3) is 0.571. The van der Waals surface area contributed by atoms with Crippen molar-refractivity contribution >= 4 is 31.9 Å². The van der Waals surface area contributed by atoms with Crippen LogP contribution >= 0.6 is 31.9 Å². The third-order valence-electron chi connectivity index (χ3n) is 3.73. The molecule has 0 aliphatic heterocycles. The average Bonchev–Trinajstić information content (AvgIpc) is 2.34. The highest BCUT2D eigenvalue weighted by molar-refractivity contribution is 9.11. The molecular formula is C14H19Br2N. The highest BCUT2D eigenvalue weighted by Crippen LogP contribution is 2.37. The van der Waals surface area contributed by atoms with Gasteiger partial charge >= 0.3 is 0 Å². The van der Waals surface area contributed by atoms with Crippen LogP contribution < -0.4 is 5.32 Å². The Bertz CT molecular complexity index is 372. The Morgan fingerprint density at radius 3 is 2.47 bits per heavy atom. The molecule has 0 heterocycles. The second-order valence-electron chi connectivity index (χ2n) is 4.83. The van der Waals surface area contributed by atoms with Gasteiger partial charge in [0.1, 0.15) is 0 Å². The monoisotopic (exact) mass is 359 g/mol. The summed E-state index contributed by atoms with van der Waals surface area (Å²) >= 11 is 7.20. The van der Waals surface area contributed by atoms with Crippen molar-refractivity contribution in [3.8, 4) is 0 Å². The maximum Gasteiger partial charge on any atom is 0.0357 e. The van der Waals surface area contributed by atoms with Gasteiger partial charge in [0.25, 0.3) is 0 Å². The third kappa shape index (κ3) is 3.33. The molecule has 0 aromatic heterocycles. The Hall–Kier alpha value is 0.140. The zero-order chi connectivity index (χ0) is 12.3. The molecule has 2 rings (SSSR count). The lowest BCUT2D eigenvalue weighted by Crippen LogP contribution is -2.27. The van der Waals surface area contributed by atoms with Crippen LogP contribution in [-0.4, -0.2) is 7.05 Å². The normalized spacial score (nSPS) is 19.2. The van der Waals surface area contributed by atoms with Gasteiger partial charge in [-0.1, -0.05) is 57.2 Å². The van der Waals surface area contributed by atoms with E-state index < -0.39 is 0 Å². The molecule has 3 heteroatoms. The Morgan fingerprint density at radius 1 is 1.18 bits per heavy atom. The van der Waals surface area contributed by atoms with Gasteiger partial charge < -0.3 is 5.32 Å². The SMILES string of the molecule is CNC(c1ccc(Br)cc1Br)C1CCCCC1. The molecule has 1 aliphatic carbocycles. The molecule has 1 atom stereocenters. The van der Waals surface area contributed by atoms with Crippen molar-refractivity contribution < 1.29 is 0 Å². The number of hydrogen-bond donors (Lipinski definition) is 1. The first-order valence-corrected chi connectivity index (χ1v) is 7.93. The minimum Gasteiger partial charge on any atom is -0.313 e. The van der Waals surface area contributed by atoms with E-state index in [0.29, 0.717) is 6.04 Å². The predicted octanol–water partition coefficient (Wildman–Crippen LogP) is 5.05. The number of rotatable bonds is 3. The molecule has 0 amide bonds. The molecule has 0 saturated heterocycles. The Kier molecular flexibility index (Phi) is 5.07. The summed E-state index contributed by atoms with van der Waals surface area (Å²) < 4.78 is 2.34. The lowest BCUT2D eigenvalue weighted by molar-refractivity contribution is 0.281. The lowest BCUT2D eigenvalue weighted by Gasteiger charge is -2.31. The predicted molar refractivity (Wildman–Crippen MR) is 80.2 cm³/mol. The van der Waals surface area contributed by atoms with Gasteiger partial charge in [-0.2, -0.15) is 0 Å². The topological polar surface area (TPSA) is 12.0 Å². The van der Waals surface area contributed by atoms with Crippen molar-refractivity contribution in [2.24, 2.45) is 5.92 Å². The molecule has 1 aliphatic rings. The molecule has 1 N–H and O–H groups in total. The second-order valence-corrected chi connectivity index (χ2v) is 6.60. The number of nitrogens with one attached hydrogen (secondary N) is 1. The number of halogens is 2. The molecule has 1 unspecified atom stereocenters. The summed E-state index contributed by atoms with van der Waals surface area (Å²) in [6.45, 7) is 0. The zero-order valence-corrected chi connectivity index (χ0v) is 13.4. The van der Waals surface area contributed by atoms with Gasteiger partial charge in [-0.25, -0.2) is 0 Å². The van der Waals surface area contributed by atoms with Crippen molar-refractivity contribution in [3.05, 3.63) is 32.7 Å². The van der Waals surface area contributed by atoms with Gasteiger partial charge in [0, 0.05) is 15.0 Å². The minimum absolute atomic E-state index is 0.484. The number of hydrogen-bond acceptors (Lipinski definition) is 1. The van der Waals surface area contributed by atoms with Crippen LogP contribution in [0.1, 0.15) is 43.7 Å². The van der Waals surface area contributed by atoms with E-state index in [0.717, 1.165) is 10.4 Å². The zero-order valence-electron chi connectivity index (χ0n) is 10.2. The van der Waals surface area contributed by atoms with Crippen LogP contribution in [0.15, 0.2) is 27.1 Å². The lowest BCUT2D eigenvalue weighted by atomic mass is 9.81. The molecule has 1 fully saturated rings. The first-order chi connectivity index (χ1) is 8.22. The van der Waals surface area contributed by atoms with E-state index >= 15 is 0 Å². The summed E-state index contributed by atoms with van der Waals surface area (Å²) in [6, 6.07) is 6.98. The largest absolute Gasteiger partial charge is 0.313 e. The van der Waals surface area contributed by atoms with E-state index in [2.05, 4.69) is 62.4 Å². The molecule has 1 saturated carbocycles. The van der Waals surface area contributed by atoms with Gasteiger partial charge in [-0.3, -0.25) is 0 Å². The molecule has 1 aromatic rings. The van der Waals surface area contributed by atoms with Crippen molar-refractivity contribution in [2.45, 2.75) is 38.1 Å². The van der Waals surface area contributed by atoms with Crippen molar-refractivity contribution in [3.63, 3.8) is 0 Å². The molecule has 0 spiro atoms. The van der Waals surface area contributed by atoms with Gasteiger partial charge in [0.2, 0.25) is 0 Å². The van der Waals surface area contributed by atoms with Crippen LogP contribution in [0.2, 0.25) is 0 Å². The summed E-state index contributed by atoms with van der Waals surface area (Å²) in [5, 5.41) is 3.50. The molecular weight excluding hydrogens is 342 g/mol. The second kappa shape index (κ2) is 6.35. The highest BCUT2D eigenvalue weighted by atomic mass is 79.9. The molecule has 17 heavy (non-hydrogen) atoms. The van der Waals surface area contributed by atoms with E-state index in [9.17, 15) is 0 Å². The molecule has 0 bridgehead atoms. The quantitative estimate of drug-likeness (QED) is 0.794. The van der Waals surface area contributed by atoms with Crippen LogP contribution in [-0.2, 0) is 0 Å². The van der Waals surface area contributed by atoms with Gasteiger partial charge in [0.15, 0.2) is 0 Å². The number of benzene rings is 1. The van der Waals surface area contributed by atoms with E-state index in [-0.39, 0.29) is 0 Å². The minimum atomic E-state index is 0.484. The average molecular weight is 361 g/mol. The smallest absolute Gasteiger partial charge is 0.0357 e. The van der Waals surface area contributed by atoms with Crippen molar-refractivity contribution in [1.29, 1.82) is 0 Å². The van der Waals surface area contributed by atoms with Crippen LogP contribution in [0.25, 0.3) is 0 Å². The fourth-order valence-corrected chi connectivity index (χ4v) is 4.16. The Morgan fingerprint density at radius 2 is 1.88 bits per heavy atom. The molecule has 94 valence electrons. The van der Waals surface area contributed by atoms with Crippen LogP contribution in [0.5, 0.6) is 0 Å². The van der Waals surface area contributed by atoms with Crippen LogP contribution in [0, 0.1) is 5.92 Å². The maximum atomic E-state index is 3.69. The summed E-state index contributed by atoms with van der Waals surface area (Å²) in [7, 11) is 2.08. The van der Waals surface area contributed by atoms with E-state index in [1.807, 2.05) is 0 Å². The summed E-state index contributed by atoms with van der Waals surface area (Å²) in [5.41, 5.74) is 1.39. The van der Waals surface area contributed by atoms with Crippen molar-refractivity contribution in [1.82, 2.24) is 5.32 Å². The first kappa shape index (κ1) is 13.6. The van der Waals surface area contributed by atoms with Crippen molar-refractivity contribution in [2.75, 3.05) is 7.05 Å². The van der Waals surface area contributed by atoms with E-state index in [1.54, 1.807) is 0 Å². The van der Waals surface area contributed by atoms with Crippen LogP contribution in [0.3, 0.4) is 0 Å². The van der Waals surface area contributed by atoms with Gasteiger partial charge in [0.05, 0.1) is 0 Å².